The van der Waals surface area contributed by atoms with Gasteiger partial charge in [0, 0.05) is 5.56 Å². The highest BCUT2D eigenvalue weighted by Crippen LogP contribution is 2.30. The van der Waals surface area contributed by atoms with E-state index in [0.717, 1.165) is 22.3 Å². The third-order valence-corrected chi connectivity index (χ3v) is 8.83. The minimum atomic E-state index is -1.89. The Morgan fingerprint density at radius 3 is 1.74 bits per heavy atom. The number of hydrogen-bond acceptors (Lipinski definition) is 9. The maximum absolute atomic E-state index is 13.0. The Bertz CT molecular complexity index is 2150. The second kappa shape index (κ2) is 18.7. The van der Waals surface area contributed by atoms with Gasteiger partial charge in [-0.25, -0.2) is 18.7 Å². The van der Waals surface area contributed by atoms with Gasteiger partial charge in [-0.1, -0.05) is 72.8 Å². The molecule has 268 valence electrons. The summed E-state index contributed by atoms with van der Waals surface area (Å²) in [4.78, 5) is 37.7. The Balaban J connectivity index is 0.00000266. The molecule has 0 heterocycles. The zero-order valence-corrected chi connectivity index (χ0v) is 29.1. The van der Waals surface area contributed by atoms with Gasteiger partial charge in [0.05, 0.1) is 16.0 Å². The standard InChI is InChI=1S/C41H32O9S.CH2O/c42-40(43)38-26-31(24-29-9-5-2-6-10-29)11-21-37(38)41(44)49-34-17-19-36(20-18-34)51(46)50-35-15-13-33(14-16-35)48-39-22-12-30(25-32(39)27-47-45)23-28-7-3-1-4-8-28;1-2/h1-22,25-26,45H,23-24,27H2,(H,42,43);1H2. The monoisotopic (exact) mass is 730 g/mol. The van der Waals surface area contributed by atoms with Gasteiger partial charge in [0.15, 0.2) is 0 Å². The molecule has 0 aromatic heterocycles. The zero-order valence-electron chi connectivity index (χ0n) is 28.3. The summed E-state index contributed by atoms with van der Waals surface area (Å²) in [6.07, 6.45) is 1.23. The quantitative estimate of drug-likeness (QED) is 0.0484. The Morgan fingerprint density at radius 2 is 1.15 bits per heavy atom. The average Bonchev–Trinajstić information content (AvgIpc) is 3.18. The fourth-order valence-corrected chi connectivity index (χ4v) is 6.09. The summed E-state index contributed by atoms with van der Waals surface area (Å²) in [5.41, 5.74) is 4.37. The molecule has 2 N–H and O–H groups in total. The summed E-state index contributed by atoms with van der Waals surface area (Å²) >= 11 is -1.89. The van der Waals surface area contributed by atoms with Crippen molar-refractivity contribution in [2.24, 2.45) is 0 Å². The molecule has 0 aliphatic carbocycles. The van der Waals surface area contributed by atoms with Gasteiger partial charge in [0.25, 0.3) is 0 Å². The first-order valence-corrected chi connectivity index (χ1v) is 17.2. The Labute approximate surface area is 308 Å². The van der Waals surface area contributed by atoms with Crippen molar-refractivity contribution in [3.05, 3.63) is 185 Å². The van der Waals surface area contributed by atoms with Crippen LogP contribution < -0.4 is 13.7 Å². The van der Waals surface area contributed by atoms with Crippen LogP contribution in [0.1, 0.15) is 48.5 Å². The fraction of sp³-hybridized carbons (Fsp3) is 0.0714. The summed E-state index contributed by atoms with van der Waals surface area (Å²) in [7, 11) is 0. The van der Waals surface area contributed by atoms with E-state index in [9.17, 15) is 18.9 Å². The minimum absolute atomic E-state index is 0.0538. The van der Waals surface area contributed by atoms with Crippen molar-refractivity contribution in [1.82, 2.24) is 0 Å². The molecule has 0 saturated heterocycles. The van der Waals surface area contributed by atoms with E-state index in [4.69, 9.17) is 23.7 Å². The summed E-state index contributed by atoms with van der Waals surface area (Å²) in [5, 5.41) is 18.9. The molecule has 0 radical (unpaired) electrons. The molecule has 53 heavy (non-hydrogen) atoms. The Hall–Kier alpha value is -6.40. The second-order valence-electron chi connectivity index (χ2n) is 11.5. The lowest BCUT2D eigenvalue weighted by Gasteiger charge is -2.13. The van der Waals surface area contributed by atoms with E-state index >= 15 is 0 Å². The number of carbonyl (C=O) groups is 3. The normalized spacial score (nSPS) is 11.0. The molecule has 11 heteroatoms. The van der Waals surface area contributed by atoms with E-state index in [1.165, 1.54) is 36.4 Å². The van der Waals surface area contributed by atoms with Gasteiger partial charge in [-0.2, -0.15) is 0 Å². The number of carboxylic acid groups (broad SMARTS) is 1. The molecule has 0 amide bonds. The van der Waals surface area contributed by atoms with Crippen molar-refractivity contribution in [1.29, 1.82) is 0 Å². The topological polar surface area (TPSA) is 146 Å². The van der Waals surface area contributed by atoms with Crippen LogP contribution in [0.25, 0.3) is 0 Å². The van der Waals surface area contributed by atoms with Crippen molar-refractivity contribution >= 4 is 29.8 Å². The first-order chi connectivity index (χ1) is 25.8. The van der Waals surface area contributed by atoms with Gasteiger partial charge < -0.3 is 23.6 Å². The van der Waals surface area contributed by atoms with Gasteiger partial charge in [-0.05, 0) is 108 Å². The smallest absolute Gasteiger partial charge is 0.344 e. The maximum Gasteiger partial charge on any atom is 0.344 e. The van der Waals surface area contributed by atoms with Gasteiger partial charge >= 0.3 is 11.9 Å². The average molecular weight is 731 g/mol. The predicted octanol–water partition coefficient (Wildman–Crippen LogP) is 8.48. The molecule has 0 aliphatic heterocycles. The summed E-state index contributed by atoms with van der Waals surface area (Å²) in [5.74, 6) is -0.598. The molecular weight excluding hydrogens is 697 g/mol. The predicted molar refractivity (Wildman–Crippen MR) is 198 cm³/mol. The van der Waals surface area contributed by atoms with E-state index in [0.29, 0.717) is 40.5 Å². The third-order valence-electron chi connectivity index (χ3n) is 7.83. The second-order valence-corrected chi connectivity index (χ2v) is 12.6. The van der Waals surface area contributed by atoms with Crippen LogP contribution in [0.3, 0.4) is 0 Å². The maximum atomic E-state index is 13.0. The van der Waals surface area contributed by atoms with Crippen molar-refractivity contribution < 1.29 is 47.5 Å². The third kappa shape index (κ3) is 10.6. The van der Waals surface area contributed by atoms with Crippen LogP contribution in [0, 0.1) is 0 Å². The lowest BCUT2D eigenvalue weighted by Crippen LogP contribution is -2.14. The van der Waals surface area contributed by atoms with E-state index in [1.54, 1.807) is 30.3 Å². The largest absolute Gasteiger partial charge is 0.478 e. The van der Waals surface area contributed by atoms with Crippen molar-refractivity contribution in [2.75, 3.05) is 0 Å². The molecule has 0 saturated carbocycles. The molecule has 6 aromatic rings. The highest BCUT2D eigenvalue weighted by atomic mass is 32.2. The molecule has 0 bridgehead atoms. The van der Waals surface area contributed by atoms with Crippen molar-refractivity contribution in [3.63, 3.8) is 0 Å². The van der Waals surface area contributed by atoms with Crippen LogP contribution in [0.5, 0.6) is 23.0 Å². The van der Waals surface area contributed by atoms with E-state index in [1.807, 2.05) is 85.7 Å². The van der Waals surface area contributed by atoms with Crippen LogP contribution in [-0.2, 0) is 40.2 Å². The van der Waals surface area contributed by atoms with Gasteiger partial charge in [-0.15, -0.1) is 0 Å². The summed E-state index contributed by atoms with van der Waals surface area (Å²) in [6.45, 7) is 1.95. The Kier molecular flexibility index (Phi) is 13.4. The molecule has 1 atom stereocenters. The van der Waals surface area contributed by atoms with Crippen LogP contribution in [0.4, 0.5) is 0 Å². The molecule has 1 unspecified atom stereocenters. The first-order valence-electron chi connectivity index (χ1n) is 16.2. The van der Waals surface area contributed by atoms with Gasteiger partial charge in [0.2, 0.25) is 11.1 Å². The molecule has 0 fully saturated rings. The van der Waals surface area contributed by atoms with Crippen LogP contribution in [0.2, 0.25) is 0 Å². The van der Waals surface area contributed by atoms with E-state index in [2.05, 4.69) is 4.89 Å². The Morgan fingerprint density at radius 1 is 0.604 bits per heavy atom. The van der Waals surface area contributed by atoms with Crippen molar-refractivity contribution in [2.45, 2.75) is 24.3 Å². The summed E-state index contributed by atoms with van der Waals surface area (Å²) < 4.78 is 30.1. The zero-order chi connectivity index (χ0) is 37.6. The van der Waals surface area contributed by atoms with Crippen molar-refractivity contribution in [3.8, 4) is 23.0 Å². The molecule has 0 aliphatic rings. The number of rotatable bonds is 14. The van der Waals surface area contributed by atoms with Crippen LogP contribution in [0.15, 0.2) is 150 Å². The number of esters is 1. The lowest BCUT2D eigenvalue weighted by atomic mass is 9.99. The highest BCUT2D eigenvalue weighted by molar-refractivity contribution is 7.80. The fourth-order valence-electron chi connectivity index (χ4n) is 5.35. The number of hydrogen-bond donors (Lipinski definition) is 2. The molecular formula is C42H34O10S. The van der Waals surface area contributed by atoms with Gasteiger partial charge in [0.1, 0.15) is 36.4 Å². The van der Waals surface area contributed by atoms with E-state index in [-0.39, 0.29) is 23.5 Å². The van der Waals surface area contributed by atoms with Crippen LogP contribution in [-0.4, -0.2) is 33.3 Å². The van der Waals surface area contributed by atoms with E-state index < -0.39 is 23.0 Å². The van der Waals surface area contributed by atoms with Gasteiger partial charge in [-0.3, -0.25) is 5.26 Å². The number of carbonyl (C=O) groups excluding carboxylic acids is 2. The number of aromatic carboxylic acids is 1. The number of ether oxygens (including phenoxy) is 2. The molecule has 10 nitrogen and oxygen atoms in total. The highest BCUT2D eigenvalue weighted by Gasteiger charge is 2.20. The minimum Gasteiger partial charge on any atom is -0.478 e. The first kappa shape index (κ1) is 37.8. The number of benzene rings is 6. The molecule has 0 spiro atoms. The number of carboxylic acids is 1. The summed E-state index contributed by atoms with van der Waals surface area (Å²) in [6, 6.07) is 42.4. The lowest BCUT2D eigenvalue weighted by molar-refractivity contribution is -0.253. The SMILES string of the molecule is C=O.O=C(O)c1cc(Cc2ccccc2)ccc1C(=O)Oc1ccc(S(=O)Oc2ccc(Oc3ccc(Cc4ccccc4)cc3COO)cc2)cc1. The van der Waals surface area contributed by atoms with Crippen LogP contribution >= 0.6 is 0 Å². The molecule has 6 aromatic carbocycles. The molecule has 6 rings (SSSR count).